The van der Waals surface area contributed by atoms with E-state index in [0.29, 0.717) is 0 Å². The Morgan fingerprint density at radius 2 is 2.38 bits per heavy atom. The maximum absolute atomic E-state index is 5.59. The molecule has 1 saturated heterocycles. The molecule has 1 fully saturated rings. The van der Waals surface area contributed by atoms with Crippen LogP contribution in [0, 0.1) is 0 Å². The summed E-state index contributed by atoms with van der Waals surface area (Å²) in [6.45, 7) is 8.11. The molecule has 1 atom stereocenters. The molecule has 1 heterocycles. The highest BCUT2D eigenvalue weighted by atomic mass is 16.5. The average molecular weight is 185 g/mol. The van der Waals surface area contributed by atoms with E-state index in [0.717, 1.165) is 32.8 Å². The Labute approximate surface area is 80.2 Å². The van der Waals surface area contributed by atoms with Gasteiger partial charge in [0.1, 0.15) is 6.23 Å². The van der Waals surface area contributed by atoms with Crippen LogP contribution < -0.4 is 0 Å². The van der Waals surface area contributed by atoms with Gasteiger partial charge in [0, 0.05) is 19.6 Å². The number of aliphatic imine (C=N–C) groups is 1. The Kier molecular flexibility index (Phi) is 4.35. The molecule has 0 radical (unpaired) electrons. The van der Waals surface area contributed by atoms with Crippen molar-refractivity contribution in [3.05, 3.63) is 0 Å². The molecule has 0 aromatic carbocycles. The predicted molar refractivity (Wildman–Crippen MR) is 54.3 cm³/mol. The fraction of sp³-hybridized carbons (Fsp3) is 0.889. The molecule has 1 unspecified atom stereocenters. The van der Waals surface area contributed by atoms with Crippen LogP contribution in [0.4, 0.5) is 0 Å². The quantitative estimate of drug-likeness (QED) is 0.573. The summed E-state index contributed by atoms with van der Waals surface area (Å²) in [4.78, 5) is 8.32. The summed E-state index contributed by atoms with van der Waals surface area (Å²) in [5.41, 5.74) is 0. The number of rotatable bonds is 4. The molecule has 4 nitrogen and oxygen atoms in total. The monoisotopic (exact) mass is 185 g/mol. The van der Waals surface area contributed by atoms with Crippen LogP contribution >= 0.6 is 0 Å². The van der Waals surface area contributed by atoms with Gasteiger partial charge in [-0.3, -0.25) is 14.8 Å². The van der Waals surface area contributed by atoms with Crippen LogP contribution in [0.2, 0.25) is 0 Å². The van der Waals surface area contributed by atoms with Gasteiger partial charge in [0.25, 0.3) is 0 Å². The van der Waals surface area contributed by atoms with Crippen molar-refractivity contribution in [3.8, 4) is 0 Å². The fourth-order valence-corrected chi connectivity index (χ4v) is 1.41. The topological polar surface area (TPSA) is 28.1 Å². The number of nitrogens with zero attached hydrogens (tertiary/aromatic N) is 3. The lowest BCUT2D eigenvalue weighted by molar-refractivity contribution is -0.0936. The van der Waals surface area contributed by atoms with Crippen LogP contribution in [0.1, 0.15) is 0 Å². The lowest BCUT2D eigenvalue weighted by Gasteiger charge is -2.35. The Hall–Kier alpha value is -0.450. The smallest absolute Gasteiger partial charge is 0.123 e. The average Bonchev–Trinajstić information content (AvgIpc) is 2.15. The van der Waals surface area contributed by atoms with E-state index < -0.39 is 0 Å². The van der Waals surface area contributed by atoms with Crippen LogP contribution in [0.5, 0.6) is 0 Å². The van der Waals surface area contributed by atoms with Gasteiger partial charge >= 0.3 is 0 Å². The second-order valence-corrected chi connectivity index (χ2v) is 3.54. The van der Waals surface area contributed by atoms with Crippen molar-refractivity contribution in [1.29, 1.82) is 0 Å². The SMILES string of the molecule is C=NCCN1CCOC(N(C)C)C1. The van der Waals surface area contributed by atoms with E-state index in [4.69, 9.17) is 4.74 Å². The molecular weight excluding hydrogens is 166 g/mol. The van der Waals surface area contributed by atoms with Crippen molar-refractivity contribution >= 4 is 6.72 Å². The molecule has 1 rings (SSSR count). The lowest BCUT2D eigenvalue weighted by atomic mass is 10.3. The van der Waals surface area contributed by atoms with E-state index in [2.05, 4.69) is 21.5 Å². The van der Waals surface area contributed by atoms with E-state index in [1.54, 1.807) is 0 Å². The number of hydrogen-bond donors (Lipinski definition) is 0. The van der Waals surface area contributed by atoms with Gasteiger partial charge in [-0.2, -0.15) is 0 Å². The first-order valence-electron chi connectivity index (χ1n) is 4.67. The summed E-state index contributed by atoms with van der Waals surface area (Å²) in [6, 6.07) is 0. The largest absolute Gasteiger partial charge is 0.360 e. The Balaban J connectivity index is 2.28. The summed E-state index contributed by atoms with van der Waals surface area (Å²) >= 11 is 0. The first-order chi connectivity index (χ1) is 6.24. The minimum Gasteiger partial charge on any atom is -0.360 e. The third-order valence-corrected chi connectivity index (χ3v) is 2.28. The second kappa shape index (κ2) is 5.32. The molecule has 0 bridgehead atoms. The van der Waals surface area contributed by atoms with E-state index >= 15 is 0 Å². The van der Waals surface area contributed by atoms with Crippen LogP contribution in [0.25, 0.3) is 0 Å². The third-order valence-electron chi connectivity index (χ3n) is 2.28. The van der Waals surface area contributed by atoms with Crippen molar-refractivity contribution in [3.63, 3.8) is 0 Å². The lowest BCUT2D eigenvalue weighted by Crippen LogP contribution is -2.49. The molecule has 0 spiro atoms. The predicted octanol–water partition coefficient (Wildman–Crippen LogP) is -0.0931. The van der Waals surface area contributed by atoms with Crippen LogP contribution in [-0.2, 0) is 4.74 Å². The van der Waals surface area contributed by atoms with Gasteiger partial charge in [-0.15, -0.1) is 0 Å². The number of morpholine rings is 1. The second-order valence-electron chi connectivity index (χ2n) is 3.54. The molecule has 1 aliphatic heterocycles. The van der Waals surface area contributed by atoms with Crippen molar-refractivity contribution in [2.45, 2.75) is 6.23 Å². The zero-order valence-electron chi connectivity index (χ0n) is 8.57. The molecule has 4 heteroatoms. The van der Waals surface area contributed by atoms with Crippen molar-refractivity contribution in [2.24, 2.45) is 4.99 Å². The van der Waals surface area contributed by atoms with Gasteiger partial charge in [0.05, 0.1) is 13.2 Å². The molecule has 0 amide bonds. The summed E-state index contributed by atoms with van der Waals surface area (Å²) in [7, 11) is 4.08. The summed E-state index contributed by atoms with van der Waals surface area (Å²) in [5.74, 6) is 0. The Bertz CT molecular complexity index is 161. The highest BCUT2D eigenvalue weighted by Gasteiger charge is 2.20. The molecule has 0 aromatic heterocycles. The van der Waals surface area contributed by atoms with Crippen LogP contribution in [0.3, 0.4) is 0 Å². The summed E-state index contributed by atoms with van der Waals surface area (Å²) < 4.78 is 5.59. The van der Waals surface area contributed by atoms with Crippen LogP contribution in [-0.4, -0.2) is 69.6 Å². The van der Waals surface area contributed by atoms with E-state index in [-0.39, 0.29) is 6.23 Å². The van der Waals surface area contributed by atoms with Gasteiger partial charge in [0.15, 0.2) is 0 Å². The maximum atomic E-state index is 5.59. The van der Waals surface area contributed by atoms with Gasteiger partial charge < -0.3 is 4.74 Å². The minimum absolute atomic E-state index is 0.235. The number of likely N-dealkylation sites (N-methyl/N-ethyl adjacent to an activating group) is 1. The standard InChI is InChI=1S/C9H19N3O/c1-10-4-5-12-6-7-13-9(8-12)11(2)3/h9H,1,4-8H2,2-3H3. The zero-order valence-corrected chi connectivity index (χ0v) is 8.57. The molecular formula is C9H19N3O. The summed E-state index contributed by atoms with van der Waals surface area (Å²) in [6.07, 6.45) is 0.235. The third kappa shape index (κ3) is 3.42. The number of ether oxygens (including phenoxy) is 1. The van der Waals surface area contributed by atoms with Gasteiger partial charge in [-0.05, 0) is 20.8 Å². The zero-order chi connectivity index (χ0) is 9.68. The van der Waals surface area contributed by atoms with Crippen molar-refractivity contribution in [1.82, 2.24) is 9.80 Å². The minimum atomic E-state index is 0.235. The van der Waals surface area contributed by atoms with Gasteiger partial charge in [-0.25, -0.2) is 0 Å². The molecule has 0 aromatic rings. The van der Waals surface area contributed by atoms with E-state index in [1.807, 2.05) is 14.1 Å². The first-order valence-corrected chi connectivity index (χ1v) is 4.67. The fourth-order valence-electron chi connectivity index (χ4n) is 1.41. The highest BCUT2D eigenvalue weighted by molar-refractivity contribution is 5.23. The van der Waals surface area contributed by atoms with E-state index in [9.17, 15) is 0 Å². The van der Waals surface area contributed by atoms with Gasteiger partial charge in [-0.1, -0.05) is 0 Å². The highest BCUT2D eigenvalue weighted by Crippen LogP contribution is 2.06. The Morgan fingerprint density at radius 3 is 3.00 bits per heavy atom. The molecule has 13 heavy (non-hydrogen) atoms. The maximum Gasteiger partial charge on any atom is 0.123 e. The van der Waals surface area contributed by atoms with Gasteiger partial charge in [0.2, 0.25) is 0 Å². The molecule has 76 valence electrons. The van der Waals surface area contributed by atoms with Crippen molar-refractivity contribution in [2.75, 3.05) is 46.9 Å². The summed E-state index contributed by atoms with van der Waals surface area (Å²) in [5, 5.41) is 0. The molecule has 1 aliphatic rings. The normalized spacial score (nSPS) is 25.0. The Morgan fingerprint density at radius 1 is 1.62 bits per heavy atom. The molecule has 0 aliphatic carbocycles. The van der Waals surface area contributed by atoms with Crippen LogP contribution in [0.15, 0.2) is 4.99 Å². The number of hydrogen-bond acceptors (Lipinski definition) is 4. The molecule has 0 saturated carbocycles. The van der Waals surface area contributed by atoms with Crippen molar-refractivity contribution < 1.29 is 4.74 Å². The molecule has 0 N–H and O–H groups in total. The first kappa shape index (κ1) is 10.6. The van der Waals surface area contributed by atoms with E-state index in [1.165, 1.54) is 0 Å².